The lowest BCUT2D eigenvalue weighted by molar-refractivity contribution is -0.124. The number of carbonyl (C=O) groups excluding carboxylic acids is 1. The van der Waals surface area contributed by atoms with E-state index in [0.717, 1.165) is 31.2 Å². The van der Waals surface area contributed by atoms with Crippen molar-refractivity contribution in [3.05, 3.63) is 83.8 Å². The van der Waals surface area contributed by atoms with Gasteiger partial charge in [0.1, 0.15) is 19.0 Å². The molecule has 7 heteroatoms. The zero-order valence-electron chi connectivity index (χ0n) is 18.0. The lowest BCUT2D eigenvalue weighted by atomic mass is 9.92. The number of aromatic nitrogens is 2. The molecule has 1 heterocycles. The van der Waals surface area contributed by atoms with Gasteiger partial charge in [-0.25, -0.2) is 9.07 Å². The minimum Gasteiger partial charge on any atom is -0.473 e. The van der Waals surface area contributed by atoms with Gasteiger partial charge >= 0.3 is 0 Å². The van der Waals surface area contributed by atoms with Crippen molar-refractivity contribution in [3.8, 4) is 5.88 Å². The molecule has 32 heavy (non-hydrogen) atoms. The summed E-state index contributed by atoms with van der Waals surface area (Å²) in [5.74, 6) is -0.0521. The lowest BCUT2D eigenvalue weighted by Crippen LogP contribution is -2.47. The van der Waals surface area contributed by atoms with Crippen LogP contribution in [0.3, 0.4) is 0 Å². The van der Waals surface area contributed by atoms with Crippen molar-refractivity contribution in [2.75, 3.05) is 0 Å². The fraction of sp³-hybridized carbons (Fsp3) is 0.360. The summed E-state index contributed by atoms with van der Waals surface area (Å²) in [6.45, 7) is 0.630. The van der Waals surface area contributed by atoms with Crippen LogP contribution in [-0.4, -0.2) is 27.8 Å². The SMILES string of the molecule is O=C(Cn1nccc1OCc1ccccc1F)N[C@H]1CCCC[C@@H]1OCc1ccccc1. The first-order valence-corrected chi connectivity index (χ1v) is 11.0. The Hall–Kier alpha value is -3.19. The molecule has 2 atom stereocenters. The highest BCUT2D eigenvalue weighted by atomic mass is 19.1. The van der Waals surface area contributed by atoms with Crippen LogP contribution in [0.1, 0.15) is 36.8 Å². The van der Waals surface area contributed by atoms with Gasteiger partial charge in [0.15, 0.2) is 0 Å². The second-order valence-corrected chi connectivity index (χ2v) is 8.00. The van der Waals surface area contributed by atoms with E-state index >= 15 is 0 Å². The van der Waals surface area contributed by atoms with Gasteiger partial charge in [-0.1, -0.05) is 61.4 Å². The van der Waals surface area contributed by atoms with Gasteiger partial charge in [-0.05, 0) is 24.5 Å². The molecule has 1 aromatic heterocycles. The number of nitrogens with zero attached hydrogens (tertiary/aromatic N) is 2. The fourth-order valence-electron chi connectivity index (χ4n) is 3.96. The molecule has 0 aliphatic heterocycles. The second kappa shape index (κ2) is 10.9. The van der Waals surface area contributed by atoms with Crippen LogP contribution >= 0.6 is 0 Å². The summed E-state index contributed by atoms with van der Waals surface area (Å²) in [7, 11) is 0. The van der Waals surface area contributed by atoms with Crippen LogP contribution in [0.15, 0.2) is 66.9 Å². The third-order valence-corrected chi connectivity index (χ3v) is 5.66. The van der Waals surface area contributed by atoms with Crippen LogP contribution in [0.2, 0.25) is 0 Å². The summed E-state index contributed by atoms with van der Waals surface area (Å²) < 4.78 is 27.1. The minimum atomic E-state index is -0.324. The van der Waals surface area contributed by atoms with Crippen LogP contribution in [0.5, 0.6) is 5.88 Å². The lowest BCUT2D eigenvalue weighted by Gasteiger charge is -2.32. The third kappa shape index (κ3) is 5.95. The highest BCUT2D eigenvalue weighted by Gasteiger charge is 2.27. The van der Waals surface area contributed by atoms with E-state index in [1.54, 1.807) is 30.5 Å². The van der Waals surface area contributed by atoms with Gasteiger partial charge in [-0.3, -0.25) is 4.79 Å². The van der Waals surface area contributed by atoms with E-state index in [-0.39, 0.29) is 37.0 Å². The van der Waals surface area contributed by atoms with Crippen LogP contribution in [0, 0.1) is 5.82 Å². The number of amides is 1. The van der Waals surface area contributed by atoms with E-state index in [1.807, 2.05) is 30.3 Å². The Balaban J connectivity index is 1.31. The van der Waals surface area contributed by atoms with Gasteiger partial charge in [0.05, 0.1) is 24.9 Å². The van der Waals surface area contributed by atoms with E-state index in [9.17, 15) is 9.18 Å². The third-order valence-electron chi connectivity index (χ3n) is 5.66. The molecular formula is C25H28FN3O3. The van der Waals surface area contributed by atoms with Crippen molar-refractivity contribution >= 4 is 5.91 Å². The van der Waals surface area contributed by atoms with Crippen LogP contribution in [0.25, 0.3) is 0 Å². The maximum absolute atomic E-state index is 13.8. The molecule has 0 radical (unpaired) electrons. The van der Waals surface area contributed by atoms with Crippen molar-refractivity contribution in [1.82, 2.24) is 15.1 Å². The molecule has 6 nitrogen and oxygen atoms in total. The van der Waals surface area contributed by atoms with Crippen molar-refractivity contribution in [2.24, 2.45) is 0 Å². The predicted molar refractivity (Wildman–Crippen MR) is 118 cm³/mol. The molecule has 0 unspecified atom stereocenters. The first-order valence-electron chi connectivity index (χ1n) is 11.0. The van der Waals surface area contributed by atoms with Gasteiger partial charge in [-0.2, -0.15) is 5.10 Å². The van der Waals surface area contributed by atoms with Crippen molar-refractivity contribution < 1.29 is 18.7 Å². The van der Waals surface area contributed by atoms with E-state index in [2.05, 4.69) is 10.4 Å². The summed E-state index contributed by atoms with van der Waals surface area (Å²) in [5, 5.41) is 7.30. The molecule has 1 N–H and O–H groups in total. The Bertz CT molecular complexity index is 1010. The second-order valence-electron chi connectivity index (χ2n) is 8.00. The van der Waals surface area contributed by atoms with Gasteiger partial charge < -0.3 is 14.8 Å². The van der Waals surface area contributed by atoms with E-state index in [4.69, 9.17) is 9.47 Å². The molecule has 4 rings (SSSR count). The van der Waals surface area contributed by atoms with E-state index in [0.29, 0.717) is 18.1 Å². The number of nitrogens with one attached hydrogen (secondary N) is 1. The molecule has 168 valence electrons. The number of halogens is 1. The van der Waals surface area contributed by atoms with Crippen LogP contribution in [0.4, 0.5) is 4.39 Å². The van der Waals surface area contributed by atoms with E-state index < -0.39 is 0 Å². The first kappa shape index (κ1) is 22.0. The average Bonchev–Trinajstić information content (AvgIpc) is 3.25. The Morgan fingerprint density at radius 1 is 1.03 bits per heavy atom. The van der Waals surface area contributed by atoms with E-state index in [1.165, 1.54) is 10.7 Å². The Kier molecular flexibility index (Phi) is 7.51. The van der Waals surface area contributed by atoms with Crippen molar-refractivity contribution in [2.45, 2.75) is 57.6 Å². The number of benzene rings is 2. The summed E-state index contributed by atoms with van der Waals surface area (Å²) >= 11 is 0. The highest BCUT2D eigenvalue weighted by Crippen LogP contribution is 2.23. The Morgan fingerprint density at radius 3 is 2.66 bits per heavy atom. The summed E-state index contributed by atoms with van der Waals surface area (Å²) in [4.78, 5) is 12.7. The number of rotatable bonds is 9. The van der Waals surface area contributed by atoms with Gasteiger partial charge in [-0.15, -0.1) is 0 Å². The standard InChI is InChI=1S/C25H28FN3O3/c26-21-11-5-4-10-20(21)18-32-25-14-15-27-29(25)16-24(30)28-22-12-6-7-13-23(22)31-17-19-8-2-1-3-9-19/h1-5,8-11,14-15,22-23H,6-7,12-13,16-18H2,(H,28,30)/t22-,23-/m0/s1. The Morgan fingerprint density at radius 2 is 1.81 bits per heavy atom. The molecule has 1 aliphatic carbocycles. The molecule has 1 aliphatic rings. The summed E-state index contributed by atoms with van der Waals surface area (Å²) in [5.41, 5.74) is 1.57. The molecule has 1 fully saturated rings. The molecular weight excluding hydrogens is 409 g/mol. The van der Waals surface area contributed by atoms with Crippen LogP contribution < -0.4 is 10.1 Å². The molecule has 0 spiro atoms. The van der Waals surface area contributed by atoms with Crippen LogP contribution in [-0.2, 0) is 29.3 Å². The van der Waals surface area contributed by atoms with Gasteiger partial charge in [0, 0.05) is 11.6 Å². The predicted octanol–water partition coefficient (Wildman–Crippen LogP) is 4.25. The maximum atomic E-state index is 13.8. The molecule has 0 saturated heterocycles. The average molecular weight is 438 g/mol. The number of hydrogen-bond acceptors (Lipinski definition) is 4. The Labute approximate surface area is 187 Å². The molecule has 1 amide bonds. The van der Waals surface area contributed by atoms with Crippen molar-refractivity contribution in [1.29, 1.82) is 0 Å². The first-order chi connectivity index (χ1) is 15.7. The largest absolute Gasteiger partial charge is 0.473 e. The van der Waals surface area contributed by atoms with Gasteiger partial charge in [0.2, 0.25) is 11.8 Å². The normalized spacial score (nSPS) is 18.3. The summed E-state index contributed by atoms with van der Waals surface area (Å²) in [6, 6.07) is 18.1. The molecule has 0 bridgehead atoms. The number of carbonyl (C=O) groups is 1. The number of ether oxygens (including phenoxy) is 2. The zero-order chi connectivity index (χ0) is 22.2. The molecule has 3 aromatic rings. The van der Waals surface area contributed by atoms with Gasteiger partial charge in [0.25, 0.3) is 0 Å². The zero-order valence-corrected chi connectivity index (χ0v) is 18.0. The summed E-state index contributed by atoms with van der Waals surface area (Å²) in [6.07, 6.45) is 5.53. The monoisotopic (exact) mass is 437 g/mol. The molecule has 2 aromatic carbocycles. The molecule has 1 saturated carbocycles. The highest BCUT2D eigenvalue weighted by molar-refractivity contribution is 5.76. The topological polar surface area (TPSA) is 65.4 Å². The fourth-order valence-corrected chi connectivity index (χ4v) is 3.96. The minimum absolute atomic E-state index is 0.0118. The van der Waals surface area contributed by atoms with Crippen molar-refractivity contribution in [3.63, 3.8) is 0 Å². The number of hydrogen-bond donors (Lipinski definition) is 1. The quantitative estimate of drug-likeness (QED) is 0.544. The maximum Gasteiger partial charge on any atom is 0.242 e. The smallest absolute Gasteiger partial charge is 0.242 e.